The van der Waals surface area contributed by atoms with Crippen LogP contribution in [-0.2, 0) is 22.7 Å². The zero-order valence-electron chi connectivity index (χ0n) is 15.4. The number of amides is 3. The van der Waals surface area contributed by atoms with Crippen molar-refractivity contribution in [2.45, 2.75) is 63.7 Å². The van der Waals surface area contributed by atoms with Crippen LogP contribution in [0.25, 0.3) is 0 Å². The lowest BCUT2D eigenvalue weighted by Gasteiger charge is -2.29. The SMILES string of the molecule is O=C1CCC(N2Cc3cc(CN[C@@H]4C[C@@H]5CC[C@H]4C5)ccc3C2=O)C(=O)N1. The highest BCUT2D eigenvalue weighted by molar-refractivity contribution is 6.05. The Bertz CT molecular complexity index is 821. The normalized spacial score (nSPS) is 32.1. The van der Waals surface area contributed by atoms with Crippen LogP contribution in [0.15, 0.2) is 18.2 Å². The molecule has 0 aromatic heterocycles. The van der Waals surface area contributed by atoms with Gasteiger partial charge in [-0.2, -0.15) is 0 Å². The van der Waals surface area contributed by atoms with Crippen molar-refractivity contribution in [3.8, 4) is 0 Å². The summed E-state index contributed by atoms with van der Waals surface area (Å²) in [7, 11) is 0. The molecule has 142 valence electrons. The fourth-order valence-electron chi connectivity index (χ4n) is 5.48. The minimum Gasteiger partial charge on any atom is -0.322 e. The molecule has 2 bridgehead atoms. The number of hydrogen-bond acceptors (Lipinski definition) is 4. The molecule has 3 fully saturated rings. The number of nitrogens with one attached hydrogen (secondary N) is 2. The molecule has 6 nitrogen and oxygen atoms in total. The number of carbonyl (C=O) groups excluding carboxylic acids is 3. The molecule has 2 heterocycles. The van der Waals surface area contributed by atoms with E-state index < -0.39 is 6.04 Å². The molecule has 4 aliphatic rings. The van der Waals surface area contributed by atoms with Crippen LogP contribution >= 0.6 is 0 Å². The summed E-state index contributed by atoms with van der Waals surface area (Å²) >= 11 is 0. The third-order valence-electron chi connectivity index (χ3n) is 6.89. The maximum Gasteiger partial charge on any atom is 0.255 e. The molecule has 5 rings (SSSR count). The third kappa shape index (κ3) is 2.96. The highest BCUT2D eigenvalue weighted by Gasteiger charge is 2.40. The summed E-state index contributed by atoms with van der Waals surface area (Å²) < 4.78 is 0. The minimum absolute atomic E-state index is 0.105. The first-order valence-corrected chi connectivity index (χ1v) is 10.1. The third-order valence-corrected chi connectivity index (χ3v) is 6.89. The first kappa shape index (κ1) is 16.9. The van der Waals surface area contributed by atoms with Crippen LogP contribution in [-0.4, -0.2) is 34.7 Å². The van der Waals surface area contributed by atoms with Gasteiger partial charge in [-0.05, 0) is 54.7 Å². The average Bonchev–Trinajstić information content (AvgIpc) is 3.35. The summed E-state index contributed by atoms with van der Waals surface area (Å²) in [5, 5.41) is 6.07. The van der Waals surface area contributed by atoms with Gasteiger partial charge >= 0.3 is 0 Å². The Balaban J connectivity index is 1.26. The van der Waals surface area contributed by atoms with Gasteiger partial charge in [0.2, 0.25) is 11.8 Å². The Kier molecular flexibility index (Phi) is 4.04. The minimum atomic E-state index is -0.543. The number of benzene rings is 1. The van der Waals surface area contributed by atoms with Gasteiger partial charge in [0.15, 0.2) is 0 Å². The molecule has 3 amide bonds. The van der Waals surface area contributed by atoms with Crippen molar-refractivity contribution < 1.29 is 14.4 Å². The summed E-state index contributed by atoms with van der Waals surface area (Å²) in [5.74, 6) is 1.05. The number of fused-ring (bicyclic) bond motifs is 3. The van der Waals surface area contributed by atoms with Gasteiger partial charge in [0.05, 0.1) is 0 Å². The number of rotatable bonds is 4. The maximum absolute atomic E-state index is 12.7. The van der Waals surface area contributed by atoms with E-state index in [0.717, 1.165) is 23.9 Å². The topological polar surface area (TPSA) is 78.5 Å². The number of imide groups is 1. The Morgan fingerprint density at radius 1 is 1.11 bits per heavy atom. The smallest absolute Gasteiger partial charge is 0.255 e. The molecule has 1 aromatic rings. The second-order valence-electron chi connectivity index (χ2n) is 8.55. The van der Waals surface area contributed by atoms with Crippen LogP contribution in [0.5, 0.6) is 0 Å². The van der Waals surface area contributed by atoms with Crippen molar-refractivity contribution >= 4 is 17.7 Å². The molecular formula is C21H25N3O3. The Labute approximate surface area is 158 Å². The van der Waals surface area contributed by atoms with E-state index in [9.17, 15) is 14.4 Å². The van der Waals surface area contributed by atoms with Crippen LogP contribution in [0.1, 0.15) is 60.0 Å². The maximum atomic E-state index is 12.7. The quantitative estimate of drug-likeness (QED) is 0.795. The molecule has 1 saturated heterocycles. The Morgan fingerprint density at radius 2 is 2.00 bits per heavy atom. The molecule has 2 N–H and O–H groups in total. The molecule has 1 aromatic carbocycles. The fraction of sp³-hybridized carbons (Fsp3) is 0.571. The van der Waals surface area contributed by atoms with E-state index in [1.165, 1.54) is 31.2 Å². The van der Waals surface area contributed by atoms with Crippen LogP contribution < -0.4 is 10.6 Å². The Hall–Kier alpha value is -2.21. The Morgan fingerprint density at radius 3 is 2.74 bits per heavy atom. The van der Waals surface area contributed by atoms with Gasteiger partial charge in [0.25, 0.3) is 5.91 Å². The van der Waals surface area contributed by atoms with E-state index in [-0.39, 0.29) is 24.1 Å². The van der Waals surface area contributed by atoms with Gasteiger partial charge in [0.1, 0.15) is 6.04 Å². The van der Waals surface area contributed by atoms with Gasteiger partial charge in [-0.3, -0.25) is 19.7 Å². The second-order valence-corrected chi connectivity index (χ2v) is 8.55. The predicted molar refractivity (Wildman–Crippen MR) is 98.6 cm³/mol. The lowest BCUT2D eigenvalue weighted by atomic mass is 9.95. The summed E-state index contributed by atoms with van der Waals surface area (Å²) in [6.45, 7) is 1.27. The number of hydrogen-bond donors (Lipinski definition) is 2. The van der Waals surface area contributed by atoms with Crippen molar-refractivity contribution in [3.63, 3.8) is 0 Å². The molecule has 0 radical (unpaired) electrons. The van der Waals surface area contributed by atoms with Crippen LogP contribution in [0.3, 0.4) is 0 Å². The number of carbonyl (C=O) groups is 3. The van der Waals surface area contributed by atoms with E-state index >= 15 is 0 Å². The first-order valence-electron chi connectivity index (χ1n) is 10.1. The standard InChI is InChI=1S/C21H25N3O3/c25-19-6-5-18(20(26)23-19)24-11-15-8-13(2-4-16(15)21(24)27)10-22-17-9-12-1-3-14(17)7-12/h2,4,8,12,14,17-18,22H,1,3,5-7,9-11H2,(H,23,25,26)/t12-,14+,17-,18?/m1/s1. The second kappa shape index (κ2) is 6.44. The van der Waals surface area contributed by atoms with Crippen molar-refractivity contribution in [1.82, 2.24) is 15.5 Å². The molecule has 6 heteroatoms. The predicted octanol–water partition coefficient (Wildman–Crippen LogP) is 1.73. The summed E-state index contributed by atoms with van der Waals surface area (Å²) in [6, 6.07) is 6.10. The van der Waals surface area contributed by atoms with Crippen molar-refractivity contribution in [1.29, 1.82) is 0 Å². The highest BCUT2D eigenvalue weighted by Crippen LogP contribution is 2.44. The van der Waals surface area contributed by atoms with Crippen molar-refractivity contribution in [3.05, 3.63) is 34.9 Å². The van der Waals surface area contributed by atoms with Gasteiger partial charge in [0, 0.05) is 31.1 Å². The molecule has 2 aliphatic carbocycles. The lowest BCUT2D eigenvalue weighted by molar-refractivity contribution is -0.136. The van der Waals surface area contributed by atoms with Crippen molar-refractivity contribution in [2.24, 2.45) is 11.8 Å². The van der Waals surface area contributed by atoms with Crippen LogP contribution in [0.4, 0.5) is 0 Å². The number of piperidine rings is 1. The van der Waals surface area contributed by atoms with Gasteiger partial charge < -0.3 is 10.2 Å². The molecule has 4 atom stereocenters. The first-order chi connectivity index (χ1) is 13.1. The lowest BCUT2D eigenvalue weighted by Crippen LogP contribution is -2.52. The summed E-state index contributed by atoms with van der Waals surface area (Å²) in [5.41, 5.74) is 2.86. The molecule has 0 spiro atoms. The van der Waals surface area contributed by atoms with E-state index in [1.54, 1.807) is 4.90 Å². The van der Waals surface area contributed by atoms with Crippen LogP contribution in [0, 0.1) is 11.8 Å². The van der Waals surface area contributed by atoms with Gasteiger partial charge in [-0.1, -0.05) is 18.6 Å². The van der Waals surface area contributed by atoms with E-state index in [4.69, 9.17) is 0 Å². The van der Waals surface area contributed by atoms with Gasteiger partial charge in [-0.15, -0.1) is 0 Å². The van der Waals surface area contributed by atoms with E-state index in [0.29, 0.717) is 24.6 Å². The van der Waals surface area contributed by atoms with Crippen molar-refractivity contribution in [2.75, 3.05) is 0 Å². The molecular weight excluding hydrogens is 342 g/mol. The average molecular weight is 367 g/mol. The monoisotopic (exact) mass is 367 g/mol. The van der Waals surface area contributed by atoms with E-state index in [1.807, 2.05) is 12.1 Å². The molecule has 2 aliphatic heterocycles. The zero-order chi connectivity index (χ0) is 18.5. The van der Waals surface area contributed by atoms with Gasteiger partial charge in [-0.25, -0.2) is 0 Å². The fourth-order valence-corrected chi connectivity index (χ4v) is 5.48. The molecule has 27 heavy (non-hydrogen) atoms. The highest BCUT2D eigenvalue weighted by atomic mass is 16.2. The largest absolute Gasteiger partial charge is 0.322 e. The molecule has 2 saturated carbocycles. The van der Waals surface area contributed by atoms with Crippen LogP contribution in [0.2, 0.25) is 0 Å². The zero-order valence-corrected chi connectivity index (χ0v) is 15.4. The van der Waals surface area contributed by atoms with E-state index in [2.05, 4.69) is 16.7 Å². The summed E-state index contributed by atoms with van der Waals surface area (Å²) in [6.07, 6.45) is 6.15. The number of nitrogens with zero attached hydrogens (tertiary/aromatic N) is 1. The summed E-state index contributed by atoms with van der Waals surface area (Å²) in [4.78, 5) is 37.8. The molecule has 1 unspecified atom stereocenters.